The third kappa shape index (κ3) is 6.62. The molecular weight excluding hydrogens is 297 g/mol. The Bertz CT molecular complexity index is 532. The van der Waals surface area contributed by atoms with Crippen molar-refractivity contribution in [1.29, 1.82) is 0 Å². The number of ether oxygens (including phenoxy) is 1. The summed E-state index contributed by atoms with van der Waals surface area (Å²) in [6.45, 7) is 0.526. The van der Waals surface area contributed by atoms with Crippen molar-refractivity contribution in [2.45, 2.75) is 12.8 Å². The lowest BCUT2D eigenvalue weighted by atomic mass is 10.3. The van der Waals surface area contributed by atoms with E-state index in [2.05, 4.69) is 14.8 Å². The molecule has 20 heavy (non-hydrogen) atoms. The number of anilines is 1. The minimum atomic E-state index is -4.82. The quantitative estimate of drug-likeness (QED) is 0.755. The van der Waals surface area contributed by atoms with E-state index in [0.717, 1.165) is 12.1 Å². The molecule has 0 radical (unpaired) electrons. The number of benzene rings is 1. The first-order valence-electron chi connectivity index (χ1n) is 5.73. The van der Waals surface area contributed by atoms with Crippen LogP contribution in [0.4, 0.5) is 18.9 Å². The van der Waals surface area contributed by atoms with Gasteiger partial charge in [0.2, 0.25) is 10.0 Å². The predicted octanol–water partition coefficient (Wildman–Crippen LogP) is 1.94. The van der Waals surface area contributed by atoms with Gasteiger partial charge < -0.3 is 10.1 Å². The maximum atomic E-state index is 12.0. The maximum absolute atomic E-state index is 12.0. The molecule has 0 aliphatic heterocycles. The summed E-state index contributed by atoms with van der Waals surface area (Å²) in [5.74, 6) is -0.606. The summed E-state index contributed by atoms with van der Waals surface area (Å²) in [5, 5.41) is 2.80. The molecule has 5 nitrogen and oxygen atoms in total. The van der Waals surface area contributed by atoms with Gasteiger partial charge in [-0.2, -0.15) is 0 Å². The zero-order chi connectivity index (χ0) is 15.2. The fourth-order valence-corrected chi connectivity index (χ4v) is 2.54. The van der Waals surface area contributed by atoms with Crippen molar-refractivity contribution in [3.8, 4) is 5.75 Å². The van der Waals surface area contributed by atoms with Gasteiger partial charge in [0.05, 0.1) is 11.4 Å². The van der Waals surface area contributed by atoms with Gasteiger partial charge in [-0.3, -0.25) is 4.72 Å². The molecule has 9 heteroatoms. The Hall–Kier alpha value is -1.48. The van der Waals surface area contributed by atoms with E-state index in [1.165, 1.54) is 12.1 Å². The summed E-state index contributed by atoms with van der Waals surface area (Å²) >= 11 is 0. The van der Waals surface area contributed by atoms with Crippen LogP contribution in [-0.2, 0) is 10.0 Å². The van der Waals surface area contributed by atoms with Gasteiger partial charge in [-0.15, -0.1) is 13.2 Å². The molecule has 0 saturated carbocycles. The fourth-order valence-electron chi connectivity index (χ4n) is 1.43. The molecule has 1 aromatic carbocycles. The SMILES string of the molecule is CNCCCS(=O)(=O)Nc1cccc(OC(F)(F)F)c1. The summed E-state index contributed by atoms with van der Waals surface area (Å²) in [5.41, 5.74) is 0.0243. The normalized spacial score (nSPS) is 12.2. The van der Waals surface area contributed by atoms with E-state index in [0.29, 0.717) is 13.0 Å². The third-order valence-corrected chi connectivity index (χ3v) is 3.55. The van der Waals surface area contributed by atoms with E-state index in [1.807, 2.05) is 0 Å². The molecule has 0 saturated heterocycles. The second-order valence-electron chi connectivity index (χ2n) is 3.95. The summed E-state index contributed by atoms with van der Waals surface area (Å²) < 4.78 is 65.4. The molecule has 0 amide bonds. The van der Waals surface area contributed by atoms with Gasteiger partial charge in [0.1, 0.15) is 5.75 Å². The number of halogens is 3. The van der Waals surface area contributed by atoms with Crippen molar-refractivity contribution in [1.82, 2.24) is 5.32 Å². The van der Waals surface area contributed by atoms with E-state index < -0.39 is 22.1 Å². The number of rotatable bonds is 7. The highest BCUT2D eigenvalue weighted by molar-refractivity contribution is 7.92. The summed E-state index contributed by atoms with van der Waals surface area (Å²) in [6, 6.07) is 4.68. The monoisotopic (exact) mass is 312 g/mol. The van der Waals surface area contributed by atoms with Crippen molar-refractivity contribution in [2.24, 2.45) is 0 Å². The van der Waals surface area contributed by atoms with Crippen molar-refractivity contribution in [3.63, 3.8) is 0 Å². The van der Waals surface area contributed by atoms with Gasteiger partial charge in [0.15, 0.2) is 0 Å². The average molecular weight is 312 g/mol. The van der Waals surface area contributed by atoms with Crippen LogP contribution in [0.25, 0.3) is 0 Å². The van der Waals surface area contributed by atoms with Crippen molar-refractivity contribution in [3.05, 3.63) is 24.3 Å². The molecule has 1 rings (SSSR count). The lowest BCUT2D eigenvalue weighted by Gasteiger charge is -2.11. The highest BCUT2D eigenvalue weighted by Crippen LogP contribution is 2.25. The highest BCUT2D eigenvalue weighted by Gasteiger charge is 2.31. The fraction of sp³-hybridized carbons (Fsp3) is 0.455. The highest BCUT2D eigenvalue weighted by atomic mass is 32.2. The van der Waals surface area contributed by atoms with Crippen LogP contribution >= 0.6 is 0 Å². The molecule has 0 aliphatic carbocycles. The van der Waals surface area contributed by atoms with Crippen LogP contribution in [0.5, 0.6) is 5.75 Å². The molecule has 0 fully saturated rings. The molecule has 0 aromatic heterocycles. The Morgan fingerprint density at radius 3 is 2.60 bits per heavy atom. The Labute approximate surface area is 115 Å². The molecule has 0 aliphatic rings. The van der Waals surface area contributed by atoms with E-state index in [9.17, 15) is 21.6 Å². The molecule has 0 heterocycles. The van der Waals surface area contributed by atoms with E-state index >= 15 is 0 Å². The molecule has 0 atom stereocenters. The van der Waals surface area contributed by atoms with E-state index in [-0.39, 0.29) is 11.4 Å². The summed E-state index contributed by atoms with van der Waals surface area (Å²) in [7, 11) is -1.90. The van der Waals surface area contributed by atoms with Gasteiger partial charge in [0.25, 0.3) is 0 Å². The zero-order valence-electron chi connectivity index (χ0n) is 10.7. The molecule has 0 spiro atoms. The van der Waals surface area contributed by atoms with Crippen LogP contribution in [0.1, 0.15) is 6.42 Å². The van der Waals surface area contributed by atoms with Gasteiger partial charge >= 0.3 is 6.36 Å². The first kappa shape index (κ1) is 16.6. The average Bonchev–Trinajstić information content (AvgIpc) is 2.26. The molecule has 1 aromatic rings. The predicted molar refractivity (Wildman–Crippen MR) is 69.1 cm³/mol. The van der Waals surface area contributed by atoms with Crippen LogP contribution in [0.2, 0.25) is 0 Å². The molecular formula is C11H15F3N2O3S. The largest absolute Gasteiger partial charge is 0.573 e. The lowest BCUT2D eigenvalue weighted by Crippen LogP contribution is -2.20. The standard InChI is InChI=1S/C11H15F3N2O3S/c1-15-6-3-7-20(17,18)16-9-4-2-5-10(8-9)19-11(12,13)14/h2,4-5,8,15-16H,3,6-7H2,1H3. The smallest absolute Gasteiger partial charge is 0.406 e. The van der Waals surface area contributed by atoms with Crippen LogP contribution in [0, 0.1) is 0 Å². The van der Waals surface area contributed by atoms with Crippen molar-refractivity contribution in [2.75, 3.05) is 24.1 Å². The number of sulfonamides is 1. The number of nitrogens with one attached hydrogen (secondary N) is 2. The van der Waals surface area contributed by atoms with E-state index in [1.54, 1.807) is 7.05 Å². The zero-order valence-corrected chi connectivity index (χ0v) is 11.5. The minimum Gasteiger partial charge on any atom is -0.406 e. The van der Waals surface area contributed by atoms with Crippen LogP contribution in [0.3, 0.4) is 0 Å². The van der Waals surface area contributed by atoms with Crippen LogP contribution < -0.4 is 14.8 Å². The van der Waals surface area contributed by atoms with Gasteiger partial charge in [0, 0.05) is 6.07 Å². The maximum Gasteiger partial charge on any atom is 0.573 e. The van der Waals surface area contributed by atoms with Crippen molar-refractivity contribution >= 4 is 15.7 Å². The Balaban J connectivity index is 2.70. The Morgan fingerprint density at radius 2 is 2.00 bits per heavy atom. The Morgan fingerprint density at radius 1 is 1.30 bits per heavy atom. The number of hydrogen-bond donors (Lipinski definition) is 2. The Kier molecular flexibility index (Phi) is 5.63. The van der Waals surface area contributed by atoms with Crippen molar-refractivity contribution < 1.29 is 26.3 Å². The van der Waals surface area contributed by atoms with Crippen LogP contribution in [0.15, 0.2) is 24.3 Å². The number of alkyl halides is 3. The molecule has 114 valence electrons. The summed E-state index contributed by atoms with van der Waals surface area (Å²) in [6.07, 6.45) is -4.42. The lowest BCUT2D eigenvalue weighted by molar-refractivity contribution is -0.274. The van der Waals surface area contributed by atoms with Gasteiger partial charge in [-0.25, -0.2) is 8.42 Å². The second kappa shape index (κ2) is 6.80. The third-order valence-electron chi connectivity index (χ3n) is 2.18. The van der Waals surface area contributed by atoms with Gasteiger partial charge in [-0.1, -0.05) is 6.07 Å². The number of hydrogen-bond acceptors (Lipinski definition) is 4. The van der Waals surface area contributed by atoms with Crippen LogP contribution in [-0.4, -0.2) is 34.1 Å². The first-order valence-corrected chi connectivity index (χ1v) is 7.38. The van der Waals surface area contributed by atoms with Gasteiger partial charge in [-0.05, 0) is 32.1 Å². The minimum absolute atomic E-state index is 0.0243. The first-order chi connectivity index (χ1) is 9.22. The van der Waals surface area contributed by atoms with E-state index in [4.69, 9.17) is 0 Å². The molecule has 0 bridgehead atoms. The topological polar surface area (TPSA) is 67.4 Å². The molecule has 0 unspecified atom stereocenters. The second-order valence-corrected chi connectivity index (χ2v) is 5.80. The summed E-state index contributed by atoms with van der Waals surface area (Å²) in [4.78, 5) is 0. The molecule has 2 N–H and O–H groups in total.